The molecule has 0 aromatic carbocycles. The minimum Gasteiger partial charge on any atom is -0.329 e. The molecule has 0 saturated heterocycles. The van der Waals surface area contributed by atoms with E-state index in [0.29, 0.717) is 0 Å². The molecule has 0 saturated carbocycles. The number of hydrogen-bond acceptors (Lipinski definition) is 8. The summed E-state index contributed by atoms with van der Waals surface area (Å²) in [5.74, 6) is -0.791. The summed E-state index contributed by atoms with van der Waals surface area (Å²) >= 11 is 0. The summed E-state index contributed by atoms with van der Waals surface area (Å²) in [4.78, 5) is 0. The van der Waals surface area contributed by atoms with Crippen molar-refractivity contribution in [3.63, 3.8) is 0 Å². The molecule has 0 amide bonds. The van der Waals surface area contributed by atoms with Gasteiger partial charge in [-0.15, -0.1) is 0 Å². The van der Waals surface area contributed by atoms with E-state index in [1.54, 1.807) is 0 Å². The minimum absolute atomic E-state index is 0.113. The first kappa shape index (κ1) is 14.7. The smallest absolute Gasteiger partial charge is 0.270 e. The van der Waals surface area contributed by atoms with Gasteiger partial charge in [-0.25, -0.2) is 8.37 Å². The van der Waals surface area contributed by atoms with Crippen molar-refractivity contribution < 1.29 is 25.2 Å². The maximum absolute atomic E-state index is 10.9. The Balaban J connectivity index is 4.00. The standard InChI is InChI=1S/C5H14N2O6S2/c6-1-3-14(8,9)12-5-13-15(10,11)4-2-7/h1-7H2. The topological polar surface area (TPSA) is 139 Å². The van der Waals surface area contributed by atoms with E-state index in [-0.39, 0.29) is 13.1 Å². The first-order valence-electron chi connectivity index (χ1n) is 3.97. The summed E-state index contributed by atoms with van der Waals surface area (Å²) in [5, 5.41) is 0. The van der Waals surface area contributed by atoms with E-state index in [9.17, 15) is 16.8 Å². The van der Waals surface area contributed by atoms with E-state index < -0.39 is 38.5 Å². The predicted molar refractivity (Wildman–Crippen MR) is 52.7 cm³/mol. The maximum Gasteiger partial charge on any atom is 0.270 e. The highest BCUT2D eigenvalue weighted by atomic mass is 32.2. The van der Waals surface area contributed by atoms with Crippen molar-refractivity contribution in [1.29, 1.82) is 0 Å². The number of hydrogen-bond donors (Lipinski definition) is 2. The lowest BCUT2D eigenvalue weighted by atomic mass is 10.8. The predicted octanol–water partition coefficient (Wildman–Crippen LogP) is -2.45. The molecule has 8 nitrogen and oxygen atoms in total. The van der Waals surface area contributed by atoms with Gasteiger partial charge in [0, 0.05) is 13.1 Å². The second-order valence-electron chi connectivity index (χ2n) is 2.45. The summed E-state index contributed by atoms with van der Waals surface area (Å²) in [6, 6.07) is 0. The zero-order valence-corrected chi connectivity index (χ0v) is 9.59. The van der Waals surface area contributed by atoms with Crippen LogP contribution < -0.4 is 11.5 Å². The first-order chi connectivity index (χ1) is 6.83. The largest absolute Gasteiger partial charge is 0.329 e. The summed E-state index contributed by atoms with van der Waals surface area (Å²) < 4.78 is 51.9. The molecule has 0 rings (SSSR count). The average molecular weight is 262 g/mol. The van der Waals surface area contributed by atoms with Crippen molar-refractivity contribution in [2.75, 3.05) is 31.4 Å². The zero-order valence-electron chi connectivity index (χ0n) is 7.96. The van der Waals surface area contributed by atoms with Crippen LogP contribution in [0.15, 0.2) is 0 Å². The van der Waals surface area contributed by atoms with E-state index in [0.717, 1.165) is 0 Å². The quantitative estimate of drug-likeness (QED) is 0.363. The highest BCUT2D eigenvalue weighted by molar-refractivity contribution is 7.87. The number of rotatable bonds is 8. The zero-order chi connectivity index (χ0) is 11.9. The molecular formula is C5H14N2O6S2. The van der Waals surface area contributed by atoms with E-state index in [2.05, 4.69) is 8.37 Å². The fourth-order valence-corrected chi connectivity index (χ4v) is 1.84. The van der Waals surface area contributed by atoms with E-state index >= 15 is 0 Å². The molecule has 92 valence electrons. The van der Waals surface area contributed by atoms with Gasteiger partial charge in [-0.3, -0.25) is 0 Å². The second kappa shape index (κ2) is 6.35. The first-order valence-corrected chi connectivity index (χ1v) is 7.13. The van der Waals surface area contributed by atoms with Crippen LogP contribution in [0.1, 0.15) is 0 Å². The Morgan fingerprint density at radius 2 is 1.13 bits per heavy atom. The van der Waals surface area contributed by atoms with Crippen LogP contribution in [0.5, 0.6) is 0 Å². The molecule has 0 spiro atoms. The van der Waals surface area contributed by atoms with E-state index in [1.807, 2.05) is 0 Å². The van der Waals surface area contributed by atoms with Crippen LogP contribution in [0.2, 0.25) is 0 Å². The van der Waals surface area contributed by atoms with Gasteiger partial charge < -0.3 is 11.5 Å². The molecule has 0 aliphatic rings. The Morgan fingerprint density at radius 1 is 0.800 bits per heavy atom. The highest BCUT2D eigenvalue weighted by Crippen LogP contribution is 1.97. The van der Waals surface area contributed by atoms with Crippen molar-refractivity contribution in [1.82, 2.24) is 0 Å². The third-order valence-corrected chi connectivity index (χ3v) is 3.57. The molecule has 0 radical (unpaired) electrons. The molecule has 10 heteroatoms. The normalized spacial score (nSPS) is 12.9. The van der Waals surface area contributed by atoms with Crippen molar-refractivity contribution in [2.24, 2.45) is 11.5 Å². The number of nitrogens with two attached hydrogens (primary N) is 2. The van der Waals surface area contributed by atoms with Gasteiger partial charge in [0.05, 0.1) is 11.5 Å². The summed E-state index contributed by atoms with van der Waals surface area (Å²) in [5.41, 5.74) is 9.97. The van der Waals surface area contributed by atoms with Crippen LogP contribution in [0.25, 0.3) is 0 Å². The average Bonchev–Trinajstić information content (AvgIpc) is 2.02. The van der Waals surface area contributed by atoms with E-state index in [4.69, 9.17) is 11.5 Å². The van der Waals surface area contributed by atoms with Gasteiger partial charge in [0.1, 0.15) is 0 Å². The highest BCUT2D eigenvalue weighted by Gasteiger charge is 2.14. The van der Waals surface area contributed by atoms with Crippen LogP contribution in [0.3, 0.4) is 0 Å². The van der Waals surface area contributed by atoms with Gasteiger partial charge in [-0.2, -0.15) is 16.8 Å². The molecular weight excluding hydrogens is 248 g/mol. The summed E-state index contributed by atoms with van der Waals surface area (Å²) in [6.45, 7) is -1.11. The van der Waals surface area contributed by atoms with Crippen LogP contribution in [0.4, 0.5) is 0 Å². The molecule has 0 bridgehead atoms. The van der Waals surface area contributed by atoms with Crippen LogP contribution in [-0.2, 0) is 28.6 Å². The van der Waals surface area contributed by atoms with Gasteiger partial charge in [0.2, 0.25) is 0 Å². The molecule has 15 heavy (non-hydrogen) atoms. The Morgan fingerprint density at radius 3 is 1.40 bits per heavy atom. The second-order valence-corrected chi connectivity index (χ2v) is 5.97. The molecule has 0 aliphatic carbocycles. The van der Waals surface area contributed by atoms with Crippen LogP contribution in [0, 0.1) is 0 Å². The Kier molecular flexibility index (Phi) is 6.24. The van der Waals surface area contributed by atoms with Crippen LogP contribution >= 0.6 is 0 Å². The maximum atomic E-state index is 10.9. The minimum atomic E-state index is -3.81. The molecule has 0 aromatic heterocycles. The van der Waals surface area contributed by atoms with Crippen LogP contribution in [-0.4, -0.2) is 48.2 Å². The van der Waals surface area contributed by atoms with Gasteiger partial charge in [0.15, 0.2) is 6.79 Å². The van der Waals surface area contributed by atoms with Gasteiger partial charge >= 0.3 is 0 Å². The molecule has 0 aromatic rings. The van der Waals surface area contributed by atoms with Gasteiger partial charge in [-0.05, 0) is 0 Å². The third-order valence-electron chi connectivity index (χ3n) is 1.19. The van der Waals surface area contributed by atoms with Crippen molar-refractivity contribution >= 4 is 20.2 Å². The van der Waals surface area contributed by atoms with E-state index in [1.165, 1.54) is 0 Å². The van der Waals surface area contributed by atoms with Gasteiger partial charge in [-0.1, -0.05) is 0 Å². The lowest BCUT2D eigenvalue weighted by Gasteiger charge is -2.05. The van der Waals surface area contributed by atoms with Gasteiger partial charge in [0.25, 0.3) is 20.2 Å². The molecule has 4 N–H and O–H groups in total. The third kappa shape index (κ3) is 7.64. The molecule has 0 fully saturated rings. The lowest BCUT2D eigenvalue weighted by molar-refractivity contribution is 0.132. The summed E-state index contributed by atoms with van der Waals surface area (Å²) in [7, 11) is -7.63. The van der Waals surface area contributed by atoms with Crippen molar-refractivity contribution in [3.8, 4) is 0 Å². The fraction of sp³-hybridized carbons (Fsp3) is 1.00. The Bertz CT molecular complexity index is 325. The van der Waals surface area contributed by atoms with Crippen molar-refractivity contribution in [3.05, 3.63) is 0 Å². The summed E-state index contributed by atoms with van der Waals surface area (Å²) in [6.07, 6.45) is 0. The molecule has 0 aliphatic heterocycles. The molecule has 0 atom stereocenters. The monoisotopic (exact) mass is 262 g/mol. The lowest BCUT2D eigenvalue weighted by Crippen LogP contribution is -2.23. The molecule has 0 heterocycles. The Labute approximate surface area is 88.8 Å². The molecule has 0 unspecified atom stereocenters. The fourth-order valence-electron chi connectivity index (χ4n) is 0.573. The SMILES string of the molecule is NCCS(=O)(=O)OCOS(=O)(=O)CCN. The Hall–Kier alpha value is -0.260. The van der Waals surface area contributed by atoms with Crippen molar-refractivity contribution in [2.45, 2.75) is 0 Å².